The molecule has 0 bridgehead atoms. The maximum absolute atomic E-state index is 6.18. The number of benzene rings is 9. The van der Waals surface area contributed by atoms with Crippen LogP contribution in [0.5, 0.6) is 0 Å². The normalized spacial score (nSPS) is 14.4. The molecule has 2 aromatic heterocycles. The maximum atomic E-state index is 6.18. The van der Waals surface area contributed by atoms with E-state index in [-0.39, 0.29) is 10.8 Å². The van der Waals surface area contributed by atoms with Crippen LogP contribution in [0, 0.1) is 0 Å². The Hall–Kier alpha value is -8.48. The summed E-state index contributed by atoms with van der Waals surface area (Å²) in [6.07, 6.45) is 0. The fraction of sp³-hybridized carbons (Fsp3) is 0.0968. The van der Waals surface area contributed by atoms with Gasteiger partial charge in [0.15, 0.2) is 11.2 Å². The Labute approximate surface area is 395 Å². The molecule has 6 nitrogen and oxygen atoms in total. The number of rotatable bonds is 6. The predicted molar refractivity (Wildman–Crippen MR) is 277 cm³/mol. The largest absolute Gasteiger partial charge is 0.436 e. The molecule has 0 amide bonds. The van der Waals surface area contributed by atoms with Gasteiger partial charge in [0, 0.05) is 33.3 Å². The van der Waals surface area contributed by atoms with Crippen molar-refractivity contribution in [2.45, 2.75) is 38.5 Å². The van der Waals surface area contributed by atoms with Crippen LogP contribution in [0.1, 0.15) is 49.9 Å². The second-order valence-corrected chi connectivity index (χ2v) is 19.1. The van der Waals surface area contributed by atoms with Gasteiger partial charge in [-0.3, -0.25) is 0 Å². The smallest absolute Gasteiger partial charge is 0.227 e. The lowest BCUT2D eigenvalue weighted by Gasteiger charge is -2.43. The fourth-order valence-electron chi connectivity index (χ4n) is 10.7. The van der Waals surface area contributed by atoms with E-state index >= 15 is 0 Å². The van der Waals surface area contributed by atoms with Crippen LogP contribution in [0.3, 0.4) is 0 Å². The molecule has 4 heterocycles. The van der Waals surface area contributed by atoms with E-state index in [1.54, 1.807) is 0 Å². The molecule has 0 fully saturated rings. The third-order valence-electron chi connectivity index (χ3n) is 14.3. The third-order valence-corrected chi connectivity index (χ3v) is 14.3. The van der Waals surface area contributed by atoms with Gasteiger partial charge in [0.25, 0.3) is 0 Å². The van der Waals surface area contributed by atoms with Crippen molar-refractivity contribution in [3.05, 3.63) is 229 Å². The number of anilines is 6. The molecule has 0 N–H and O–H groups in total. The quantitative estimate of drug-likeness (QED) is 0.166. The Bertz CT molecular complexity index is 3470. The van der Waals surface area contributed by atoms with Gasteiger partial charge in [-0.2, -0.15) is 0 Å². The minimum Gasteiger partial charge on any atom is -0.436 e. The summed E-state index contributed by atoms with van der Waals surface area (Å²) in [7, 11) is 0. The summed E-state index contributed by atoms with van der Waals surface area (Å²) in [6, 6.07) is 73.5. The van der Waals surface area contributed by atoms with Crippen LogP contribution in [0.25, 0.3) is 67.4 Å². The molecule has 0 saturated carbocycles. The van der Waals surface area contributed by atoms with Crippen LogP contribution in [-0.4, -0.2) is 9.97 Å². The van der Waals surface area contributed by atoms with Crippen molar-refractivity contribution < 1.29 is 8.83 Å². The Morgan fingerprint density at radius 2 is 0.691 bits per heavy atom. The van der Waals surface area contributed by atoms with Crippen molar-refractivity contribution in [1.82, 2.24) is 9.97 Å². The minimum absolute atomic E-state index is 0.255. The highest BCUT2D eigenvalue weighted by Gasteiger charge is 2.39. The SMILES string of the molecule is CC1(C)c2ccccc2N(c2ccc(N3c4ccccc4C(C)(C)c4cc(-c5cccc(-c6nc7ccccc7o6)c5)ccc43)cc2)c2ccc(-c3cccc(-c4nc5ccccc5o4)c3)cc21. The van der Waals surface area contributed by atoms with Gasteiger partial charge >= 0.3 is 0 Å². The van der Waals surface area contributed by atoms with Crippen molar-refractivity contribution in [1.29, 1.82) is 0 Å². The number of fused-ring (bicyclic) bond motifs is 6. The molecule has 0 radical (unpaired) electrons. The number of aromatic nitrogens is 2. The molecule has 9 aromatic carbocycles. The lowest BCUT2D eigenvalue weighted by Crippen LogP contribution is -2.31. The molecule has 0 aliphatic carbocycles. The van der Waals surface area contributed by atoms with Crippen LogP contribution in [-0.2, 0) is 10.8 Å². The first-order valence-corrected chi connectivity index (χ1v) is 23.3. The van der Waals surface area contributed by atoms with Gasteiger partial charge in [-0.15, -0.1) is 0 Å². The molecule has 326 valence electrons. The first kappa shape index (κ1) is 39.8. The van der Waals surface area contributed by atoms with Crippen molar-refractivity contribution in [3.63, 3.8) is 0 Å². The topological polar surface area (TPSA) is 58.5 Å². The molecule has 2 aliphatic heterocycles. The lowest BCUT2D eigenvalue weighted by molar-refractivity contribution is 0.619. The van der Waals surface area contributed by atoms with Crippen LogP contribution < -0.4 is 9.80 Å². The number of nitrogens with zero attached hydrogens (tertiary/aromatic N) is 4. The van der Waals surface area contributed by atoms with Crippen LogP contribution in [0.2, 0.25) is 0 Å². The Kier molecular flexibility index (Phi) is 8.80. The molecule has 0 atom stereocenters. The van der Waals surface area contributed by atoms with Gasteiger partial charge in [0.2, 0.25) is 11.8 Å². The molecular weight excluding hydrogens is 833 g/mol. The minimum atomic E-state index is -0.255. The summed E-state index contributed by atoms with van der Waals surface area (Å²) in [5.74, 6) is 1.25. The summed E-state index contributed by atoms with van der Waals surface area (Å²) >= 11 is 0. The second-order valence-electron chi connectivity index (χ2n) is 19.1. The van der Waals surface area contributed by atoms with Crippen LogP contribution in [0.15, 0.2) is 215 Å². The zero-order chi connectivity index (χ0) is 45.7. The van der Waals surface area contributed by atoms with Crippen LogP contribution in [0.4, 0.5) is 34.1 Å². The van der Waals surface area contributed by atoms with E-state index in [4.69, 9.17) is 18.8 Å². The highest BCUT2D eigenvalue weighted by atomic mass is 16.4. The van der Waals surface area contributed by atoms with Crippen molar-refractivity contribution in [2.24, 2.45) is 0 Å². The van der Waals surface area contributed by atoms with E-state index in [0.29, 0.717) is 11.8 Å². The molecule has 13 rings (SSSR count). The molecule has 0 saturated heterocycles. The Morgan fingerprint density at radius 1 is 0.324 bits per heavy atom. The van der Waals surface area contributed by atoms with Gasteiger partial charge < -0.3 is 18.6 Å². The molecule has 2 aliphatic rings. The van der Waals surface area contributed by atoms with Gasteiger partial charge in [0.05, 0.1) is 22.7 Å². The predicted octanol–water partition coefficient (Wildman–Crippen LogP) is 16.9. The van der Waals surface area contributed by atoms with E-state index < -0.39 is 0 Å². The first-order valence-electron chi connectivity index (χ1n) is 23.3. The Morgan fingerprint density at radius 3 is 1.13 bits per heavy atom. The molecule has 6 heteroatoms. The van der Waals surface area contributed by atoms with Gasteiger partial charge in [-0.25, -0.2) is 9.97 Å². The summed E-state index contributed by atoms with van der Waals surface area (Å²) in [4.78, 5) is 14.5. The van der Waals surface area contributed by atoms with Crippen molar-refractivity contribution >= 4 is 56.3 Å². The van der Waals surface area contributed by atoms with Crippen LogP contribution >= 0.6 is 0 Å². The monoisotopic (exact) mass is 878 g/mol. The molecule has 11 aromatic rings. The standard InChI is InChI=1S/C62H46N4O2/c1-61(2)47-19-5-9-23-53(47)65(55-33-27-41(37-49(55)61)39-15-13-17-43(35-39)59-63-51-21-7-11-25-57(51)67-59)45-29-31-46(32-30-45)66-54-24-10-6-20-48(54)62(3,4)50-38-42(28-34-56(50)66)40-16-14-18-44(36-40)60-64-52-22-8-12-26-58(52)68-60/h5-38H,1-4H3. The highest BCUT2D eigenvalue weighted by molar-refractivity contribution is 5.91. The molecule has 68 heavy (non-hydrogen) atoms. The molecular formula is C62H46N4O2. The number of oxazole rings is 2. The number of para-hydroxylation sites is 6. The van der Waals surface area contributed by atoms with E-state index in [9.17, 15) is 0 Å². The first-order chi connectivity index (χ1) is 33.2. The summed E-state index contributed by atoms with van der Waals surface area (Å²) < 4.78 is 12.4. The van der Waals surface area contributed by atoms with E-state index in [0.717, 1.165) is 67.0 Å². The van der Waals surface area contributed by atoms with Gasteiger partial charge in [-0.05, 0) is 154 Å². The van der Waals surface area contributed by atoms with Crippen molar-refractivity contribution in [3.8, 4) is 45.2 Å². The zero-order valence-electron chi connectivity index (χ0n) is 38.2. The molecule has 0 spiro atoms. The number of hydrogen-bond donors (Lipinski definition) is 0. The third kappa shape index (κ3) is 6.25. The van der Waals surface area contributed by atoms with Gasteiger partial charge in [-0.1, -0.05) is 125 Å². The zero-order valence-corrected chi connectivity index (χ0v) is 38.2. The Balaban J connectivity index is 0.874. The average Bonchev–Trinajstić information content (AvgIpc) is 4.03. The van der Waals surface area contributed by atoms with Crippen molar-refractivity contribution in [2.75, 3.05) is 9.80 Å². The van der Waals surface area contributed by atoms with E-state index in [1.165, 1.54) is 45.0 Å². The van der Waals surface area contributed by atoms with Gasteiger partial charge in [0.1, 0.15) is 11.0 Å². The lowest BCUT2D eigenvalue weighted by atomic mass is 9.72. The summed E-state index contributed by atoms with van der Waals surface area (Å²) in [6.45, 7) is 9.37. The van der Waals surface area contributed by atoms with E-state index in [1.807, 2.05) is 48.5 Å². The fourth-order valence-corrected chi connectivity index (χ4v) is 10.7. The average molecular weight is 879 g/mol. The second kappa shape index (κ2) is 15.0. The maximum Gasteiger partial charge on any atom is 0.227 e. The molecule has 0 unspecified atom stereocenters. The summed E-state index contributed by atoms with van der Waals surface area (Å²) in [5, 5.41) is 0. The summed E-state index contributed by atoms with van der Waals surface area (Å²) in [5.41, 5.74) is 21.2. The van der Waals surface area contributed by atoms with E-state index in [2.05, 4.69) is 195 Å². The highest BCUT2D eigenvalue weighted by Crippen LogP contribution is 2.55. The number of hydrogen-bond acceptors (Lipinski definition) is 6.